The van der Waals surface area contributed by atoms with Gasteiger partial charge in [0.2, 0.25) is 0 Å². The average molecular weight is 223 g/mol. The highest BCUT2D eigenvalue weighted by Gasteiger charge is 1.90. The summed E-state index contributed by atoms with van der Waals surface area (Å²) in [4.78, 5) is 0. The lowest BCUT2D eigenvalue weighted by atomic mass is 10.1. The smallest absolute Gasteiger partial charge is 0.0202 e. The van der Waals surface area contributed by atoms with Crippen molar-refractivity contribution in [3.05, 3.63) is 35.4 Å². The molecule has 0 bridgehead atoms. The minimum atomic E-state index is 0. The molecular formula is C9H16Cl2N2. The van der Waals surface area contributed by atoms with Crippen molar-refractivity contribution < 1.29 is 0 Å². The van der Waals surface area contributed by atoms with Gasteiger partial charge in [-0.3, -0.25) is 0 Å². The van der Waals surface area contributed by atoms with Crippen molar-refractivity contribution in [1.29, 1.82) is 0 Å². The third-order valence-corrected chi connectivity index (χ3v) is 1.64. The third kappa shape index (κ3) is 5.11. The van der Waals surface area contributed by atoms with Gasteiger partial charge in [0, 0.05) is 13.1 Å². The normalized spacial score (nSPS) is 8.46. The van der Waals surface area contributed by atoms with Gasteiger partial charge < -0.3 is 11.1 Å². The topological polar surface area (TPSA) is 38.0 Å². The number of nitrogens with one attached hydrogen (secondary N) is 1. The Morgan fingerprint density at radius 3 is 1.92 bits per heavy atom. The van der Waals surface area contributed by atoms with E-state index >= 15 is 0 Å². The standard InChI is InChI=1S/C9H14N2.2ClH/c1-11-7-9-4-2-8(6-10)3-5-9;;/h2-5,11H,6-7,10H2,1H3;2*1H. The molecule has 0 heterocycles. The largest absolute Gasteiger partial charge is 0.326 e. The fraction of sp³-hybridized carbons (Fsp3) is 0.333. The fourth-order valence-electron chi connectivity index (χ4n) is 0.997. The Morgan fingerprint density at radius 1 is 1.08 bits per heavy atom. The molecule has 1 aromatic rings. The van der Waals surface area contributed by atoms with Crippen LogP contribution in [0.15, 0.2) is 24.3 Å². The summed E-state index contributed by atoms with van der Waals surface area (Å²) in [5.41, 5.74) is 7.94. The second-order valence-corrected chi connectivity index (χ2v) is 2.55. The van der Waals surface area contributed by atoms with Crippen molar-refractivity contribution in [2.24, 2.45) is 5.73 Å². The molecule has 0 aliphatic rings. The lowest BCUT2D eigenvalue weighted by Crippen LogP contribution is -2.05. The molecule has 0 spiro atoms. The number of hydrogen-bond donors (Lipinski definition) is 2. The maximum Gasteiger partial charge on any atom is 0.0202 e. The summed E-state index contributed by atoms with van der Waals surface area (Å²) in [5.74, 6) is 0. The predicted octanol–water partition coefficient (Wildman–Crippen LogP) is 1.71. The molecular weight excluding hydrogens is 207 g/mol. The molecule has 0 aromatic heterocycles. The number of hydrogen-bond acceptors (Lipinski definition) is 2. The van der Waals surface area contributed by atoms with E-state index in [9.17, 15) is 0 Å². The SMILES string of the molecule is CNCc1ccc(CN)cc1.Cl.Cl. The molecule has 0 amide bonds. The highest BCUT2D eigenvalue weighted by Crippen LogP contribution is 2.02. The van der Waals surface area contributed by atoms with Crippen LogP contribution in [0.25, 0.3) is 0 Å². The van der Waals surface area contributed by atoms with Gasteiger partial charge in [0.15, 0.2) is 0 Å². The Bertz CT molecular complexity index is 211. The van der Waals surface area contributed by atoms with Crippen molar-refractivity contribution in [2.45, 2.75) is 13.1 Å². The van der Waals surface area contributed by atoms with Crippen LogP contribution in [0.4, 0.5) is 0 Å². The van der Waals surface area contributed by atoms with Gasteiger partial charge in [-0.1, -0.05) is 24.3 Å². The molecule has 3 N–H and O–H groups in total. The molecule has 2 nitrogen and oxygen atoms in total. The number of benzene rings is 1. The Kier molecular flexibility index (Phi) is 9.74. The summed E-state index contributed by atoms with van der Waals surface area (Å²) in [6.07, 6.45) is 0. The number of halogens is 2. The Balaban J connectivity index is 0. The van der Waals surface area contributed by atoms with Gasteiger partial charge in [-0.2, -0.15) is 0 Å². The molecule has 0 saturated heterocycles. The molecule has 0 fully saturated rings. The van der Waals surface area contributed by atoms with Crippen LogP contribution in [0.5, 0.6) is 0 Å². The summed E-state index contributed by atoms with van der Waals surface area (Å²) < 4.78 is 0. The highest BCUT2D eigenvalue weighted by molar-refractivity contribution is 5.85. The minimum absolute atomic E-state index is 0. The van der Waals surface area contributed by atoms with Crippen LogP contribution in [0, 0.1) is 0 Å². The average Bonchev–Trinajstić information content (AvgIpc) is 2.07. The van der Waals surface area contributed by atoms with Crippen LogP contribution in [0.2, 0.25) is 0 Å². The van der Waals surface area contributed by atoms with E-state index in [-0.39, 0.29) is 24.8 Å². The van der Waals surface area contributed by atoms with E-state index in [2.05, 4.69) is 29.6 Å². The molecule has 1 rings (SSSR count). The van der Waals surface area contributed by atoms with Crippen molar-refractivity contribution in [3.63, 3.8) is 0 Å². The fourth-order valence-corrected chi connectivity index (χ4v) is 0.997. The molecule has 4 heteroatoms. The lowest BCUT2D eigenvalue weighted by molar-refractivity contribution is 0.817. The van der Waals surface area contributed by atoms with E-state index in [1.807, 2.05) is 7.05 Å². The third-order valence-electron chi connectivity index (χ3n) is 1.64. The first-order valence-corrected chi connectivity index (χ1v) is 3.79. The molecule has 0 atom stereocenters. The van der Waals surface area contributed by atoms with Crippen LogP contribution in [0.1, 0.15) is 11.1 Å². The van der Waals surface area contributed by atoms with Crippen molar-refractivity contribution in [3.8, 4) is 0 Å². The van der Waals surface area contributed by atoms with E-state index in [0.29, 0.717) is 6.54 Å². The predicted molar refractivity (Wildman–Crippen MR) is 61.6 cm³/mol. The van der Waals surface area contributed by atoms with Crippen LogP contribution in [-0.2, 0) is 13.1 Å². The first-order valence-electron chi connectivity index (χ1n) is 3.79. The number of rotatable bonds is 3. The van der Waals surface area contributed by atoms with Crippen molar-refractivity contribution >= 4 is 24.8 Å². The van der Waals surface area contributed by atoms with E-state index < -0.39 is 0 Å². The summed E-state index contributed by atoms with van der Waals surface area (Å²) in [6.45, 7) is 1.55. The van der Waals surface area contributed by atoms with E-state index in [1.54, 1.807) is 0 Å². The van der Waals surface area contributed by atoms with Gasteiger partial charge in [-0.05, 0) is 18.2 Å². The summed E-state index contributed by atoms with van der Waals surface area (Å²) in [6, 6.07) is 8.32. The second kappa shape index (κ2) is 8.32. The number of nitrogens with two attached hydrogens (primary N) is 1. The van der Waals surface area contributed by atoms with Gasteiger partial charge in [0.05, 0.1) is 0 Å². The van der Waals surface area contributed by atoms with Crippen LogP contribution in [0.3, 0.4) is 0 Å². The molecule has 1 aromatic carbocycles. The molecule has 13 heavy (non-hydrogen) atoms. The van der Waals surface area contributed by atoms with Gasteiger partial charge >= 0.3 is 0 Å². The van der Waals surface area contributed by atoms with Crippen molar-refractivity contribution in [2.75, 3.05) is 7.05 Å². The van der Waals surface area contributed by atoms with Gasteiger partial charge in [-0.15, -0.1) is 24.8 Å². The quantitative estimate of drug-likeness (QED) is 0.818. The van der Waals surface area contributed by atoms with Gasteiger partial charge in [0.25, 0.3) is 0 Å². The summed E-state index contributed by atoms with van der Waals surface area (Å²) >= 11 is 0. The zero-order chi connectivity index (χ0) is 8.10. The van der Waals surface area contributed by atoms with E-state index in [0.717, 1.165) is 6.54 Å². The van der Waals surface area contributed by atoms with E-state index in [1.165, 1.54) is 11.1 Å². The minimum Gasteiger partial charge on any atom is -0.326 e. The lowest BCUT2D eigenvalue weighted by Gasteiger charge is -2.00. The highest BCUT2D eigenvalue weighted by atomic mass is 35.5. The summed E-state index contributed by atoms with van der Waals surface area (Å²) in [7, 11) is 1.94. The Labute approximate surface area is 91.7 Å². The maximum atomic E-state index is 5.46. The van der Waals surface area contributed by atoms with E-state index in [4.69, 9.17) is 5.73 Å². The molecule has 76 valence electrons. The Hall–Kier alpha value is -0.280. The molecule has 0 aliphatic heterocycles. The zero-order valence-electron chi connectivity index (χ0n) is 7.62. The molecule has 0 saturated carbocycles. The first-order chi connectivity index (χ1) is 5.36. The molecule has 0 radical (unpaired) electrons. The maximum absolute atomic E-state index is 5.46. The van der Waals surface area contributed by atoms with Gasteiger partial charge in [0.1, 0.15) is 0 Å². The summed E-state index contributed by atoms with van der Waals surface area (Å²) in [5, 5.41) is 3.09. The van der Waals surface area contributed by atoms with Crippen LogP contribution >= 0.6 is 24.8 Å². The monoisotopic (exact) mass is 222 g/mol. The Morgan fingerprint density at radius 2 is 1.54 bits per heavy atom. The van der Waals surface area contributed by atoms with Crippen molar-refractivity contribution in [1.82, 2.24) is 5.32 Å². The van der Waals surface area contributed by atoms with Gasteiger partial charge in [-0.25, -0.2) is 0 Å². The van der Waals surface area contributed by atoms with Crippen LogP contribution in [-0.4, -0.2) is 7.05 Å². The molecule has 0 unspecified atom stereocenters. The molecule has 0 aliphatic carbocycles. The first kappa shape index (κ1) is 15.2. The zero-order valence-corrected chi connectivity index (χ0v) is 9.25. The van der Waals surface area contributed by atoms with Crippen LogP contribution < -0.4 is 11.1 Å². The second-order valence-electron chi connectivity index (χ2n) is 2.55.